The van der Waals surface area contributed by atoms with Crippen LogP contribution in [0.3, 0.4) is 0 Å². The van der Waals surface area contributed by atoms with Crippen molar-refractivity contribution in [1.82, 2.24) is 5.32 Å². The van der Waals surface area contributed by atoms with E-state index in [1.165, 1.54) is 0 Å². The first kappa shape index (κ1) is 15.4. The molecule has 1 rings (SSSR count). The van der Waals surface area contributed by atoms with E-state index in [-0.39, 0.29) is 24.4 Å². The lowest BCUT2D eigenvalue weighted by atomic mass is 9.90. The van der Waals surface area contributed by atoms with Crippen molar-refractivity contribution in [3.63, 3.8) is 0 Å². The van der Waals surface area contributed by atoms with Crippen LogP contribution in [0.5, 0.6) is 0 Å². The number of amides is 1. The van der Waals surface area contributed by atoms with E-state index in [0.29, 0.717) is 6.54 Å². The highest BCUT2D eigenvalue weighted by atomic mass is 35.5. The number of halogens is 1. The van der Waals surface area contributed by atoms with Crippen LogP contribution in [-0.2, 0) is 10.2 Å². The monoisotopic (exact) mass is 262 g/mol. The first-order valence-electron chi connectivity index (χ1n) is 5.03. The largest absolute Gasteiger partial charge is 0.352 e. The van der Waals surface area contributed by atoms with Gasteiger partial charge >= 0.3 is 0 Å². The summed E-state index contributed by atoms with van der Waals surface area (Å²) in [7, 11) is 0. The summed E-state index contributed by atoms with van der Waals surface area (Å²) in [5.41, 5.74) is 5.00. The molecule has 16 heavy (non-hydrogen) atoms. The van der Waals surface area contributed by atoms with E-state index < -0.39 is 5.41 Å². The maximum atomic E-state index is 12.0. The highest BCUT2D eigenvalue weighted by Crippen LogP contribution is 2.27. The van der Waals surface area contributed by atoms with E-state index in [4.69, 9.17) is 5.73 Å². The molecule has 5 heteroatoms. The summed E-state index contributed by atoms with van der Waals surface area (Å²) in [5.74, 6) is 0.0305. The number of hydrogen-bond donors (Lipinski definition) is 2. The van der Waals surface area contributed by atoms with Crippen LogP contribution < -0.4 is 11.1 Å². The number of thiophene rings is 1. The van der Waals surface area contributed by atoms with Crippen LogP contribution in [0.2, 0.25) is 0 Å². The average molecular weight is 263 g/mol. The molecule has 1 heterocycles. The van der Waals surface area contributed by atoms with Crippen LogP contribution in [0, 0.1) is 0 Å². The van der Waals surface area contributed by atoms with Crippen molar-refractivity contribution in [2.75, 3.05) is 6.54 Å². The van der Waals surface area contributed by atoms with Gasteiger partial charge in [-0.3, -0.25) is 4.79 Å². The van der Waals surface area contributed by atoms with Gasteiger partial charge in [-0.2, -0.15) is 0 Å². The molecule has 0 aromatic carbocycles. The molecule has 1 aromatic heterocycles. The van der Waals surface area contributed by atoms with Crippen LogP contribution >= 0.6 is 23.7 Å². The average Bonchev–Trinajstić information content (AvgIpc) is 2.70. The summed E-state index contributed by atoms with van der Waals surface area (Å²) >= 11 is 1.60. The van der Waals surface area contributed by atoms with Gasteiger partial charge in [0.25, 0.3) is 0 Å². The number of nitrogens with two attached hydrogens (primary N) is 1. The molecule has 3 nitrogen and oxygen atoms in total. The first-order chi connectivity index (χ1) is 6.98. The lowest BCUT2D eigenvalue weighted by Crippen LogP contribution is -2.46. The second-order valence-corrected chi connectivity index (χ2v) is 5.16. The predicted molar refractivity (Wildman–Crippen MR) is 71.3 cm³/mol. The molecule has 0 saturated heterocycles. The van der Waals surface area contributed by atoms with Crippen LogP contribution in [-0.4, -0.2) is 18.5 Å². The number of rotatable bonds is 4. The molecule has 0 bridgehead atoms. The maximum Gasteiger partial charge on any atom is 0.231 e. The minimum absolute atomic E-state index is 0. The third kappa shape index (κ3) is 3.47. The third-order valence-electron chi connectivity index (χ3n) is 2.44. The third-order valence-corrected chi connectivity index (χ3v) is 3.63. The van der Waals surface area contributed by atoms with Crippen LogP contribution in [0.15, 0.2) is 17.5 Å². The van der Waals surface area contributed by atoms with E-state index in [0.717, 1.165) is 4.88 Å². The normalized spacial score (nSPS) is 12.8. The molecule has 0 aliphatic heterocycles. The summed E-state index contributed by atoms with van der Waals surface area (Å²) in [6.45, 7) is 6.23. The molecule has 0 fully saturated rings. The molecule has 0 spiro atoms. The lowest BCUT2D eigenvalue weighted by molar-refractivity contribution is -0.126. The highest BCUT2D eigenvalue weighted by molar-refractivity contribution is 7.10. The molecule has 0 aliphatic rings. The molecule has 0 aliphatic carbocycles. The van der Waals surface area contributed by atoms with Gasteiger partial charge in [0.1, 0.15) is 0 Å². The fourth-order valence-electron chi connectivity index (χ4n) is 1.21. The fourth-order valence-corrected chi connectivity index (χ4v) is 2.06. The SMILES string of the molecule is C[C@@H](CN)NC(=O)C(C)(C)c1cccs1.Cl. The predicted octanol–water partition coefficient (Wildman–Crippen LogP) is 1.91. The van der Waals surface area contributed by atoms with Gasteiger partial charge in [0.2, 0.25) is 5.91 Å². The first-order valence-corrected chi connectivity index (χ1v) is 5.91. The van der Waals surface area contributed by atoms with Crippen LogP contribution in [0.4, 0.5) is 0 Å². The highest BCUT2D eigenvalue weighted by Gasteiger charge is 2.31. The van der Waals surface area contributed by atoms with Crippen molar-refractivity contribution < 1.29 is 4.79 Å². The van der Waals surface area contributed by atoms with Gasteiger partial charge in [-0.25, -0.2) is 0 Å². The fraction of sp³-hybridized carbons (Fsp3) is 0.545. The second kappa shape index (κ2) is 6.23. The molecule has 1 aromatic rings. The van der Waals surface area contributed by atoms with Crippen molar-refractivity contribution in [3.8, 4) is 0 Å². The van der Waals surface area contributed by atoms with Gasteiger partial charge in [0.15, 0.2) is 0 Å². The quantitative estimate of drug-likeness (QED) is 0.871. The molecular weight excluding hydrogens is 244 g/mol. The lowest BCUT2D eigenvalue weighted by Gasteiger charge is -2.24. The molecule has 92 valence electrons. The topological polar surface area (TPSA) is 55.1 Å². The molecular formula is C11H19ClN2OS. The van der Waals surface area contributed by atoms with Gasteiger partial charge in [-0.05, 0) is 32.2 Å². The van der Waals surface area contributed by atoms with Gasteiger partial charge < -0.3 is 11.1 Å². The Hall–Kier alpha value is -0.580. The van der Waals surface area contributed by atoms with E-state index >= 15 is 0 Å². The standard InChI is InChI=1S/C11H18N2OS.ClH/c1-8(7-12)13-10(14)11(2,3)9-5-4-6-15-9;/h4-6,8H,7,12H2,1-3H3,(H,13,14);1H/t8-;/m0./s1. The van der Waals surface area contributed by atoms with Gasteiger partial charge in [-0.15, -0.1) is 23.7 Å². The smallest absolute Gasteiger partial charge is 0.231 e. The Labute approximate surface area is 107 Å². The Morgan fingerprint density at radius 3 is 2.69 bits per heavy atom. The minimum atomic E-state index is -0.475. The molecule has 0 saturated carbocycles. The van der Waals surface area contributed by atoms with E-state index in [1.807, 2.05) is 38.3 Å². The molecule has 0 unspecified atom stereocenters. The van der Waals surface area contributed by atoms with E-state index in [1.54, 1.807) is 11.3 Å². The Bertz CT molecular complexity index is 325. The van der Waals surface area contributed by atoms with Crippen molar-refractivity contribution in [2.24, 2.45) is 5.73 Å². The van der Waals surface area contributed by atoms with Gasteiger partial charge in [-0.1, -0.05) is 6.07 Å². The summed E-state index contributed by atoms with van der Waals surface area (Å²) in [6.07, 6.45) is 0. The van der Waals surface area contributed by atoms with E-state index in [9.17, 15) is 4.79 Å². The molecule has 0 radical (unpaired) electrons. The van der Waals surface area contributed by atoms with Crippen molar-refractivity contribution in [3.05, 3.63) is 22.4 Å². The summed E-state index contributed by atoms with van der Waals surface area (Å²) < 4.78 is 0. The Balaban J connectivity index is 0.00000225. The number of carbonyl (C=O) groups excluding carboxylic acids is 1. The number of carbonyl (C=O) groups is 1. The zero-order chi connectivity index (χ0) is 11.5. The zero-order valence-electron chi connectivity index (χ0n) is 9.82. The Morgan fingerprint density at radius 1 is 1.62 bits per heavy atom. The van der Waals surface area contributed by atoms with Crippen molar-refractivity contribution in [2.45, 2.75) is 32.2 Å². The molecule has 3 N–H and O–H groups in total. The Morgan fingerprint density at radius 2 is 2.25 bits per heavy atom. The zero-order valence-corrected chi connectivity index (χ0v) is 11.5. The van der Waals surface area contributed by atoms with Gasteiger partial charge in [0, 0.05) is 17.5 Å². The second-order valence-electron chi connectivity index (χ2n) is 4.21. The Kier molecular flexibility index (Phi) is 6.00. The number of nitrogens with one attached hydrogen (secondary N) is 1. The summed E-state index contributed by atoms with van der Waals surface area (Å²) in [4.78, 5) is 13.0. The molecule has 1 amide bonds. The van der Waals surface area contributed by atoms with Gasteiger partial charge in [0.05, 0.1) is 5.41 Å². The molecule has 1 atom stereocenters. The van der Waals surface area contributed by atoms with E-state index in [2.05, 4.69) is 5.32 Å². The van der Waals surface area contributed by atoms with Crippen molar-refractivity contribution in [1.29, 1.82) is 0 Å². The number of hydrogen-bond acceptors (Lipinski definition) is 3. The summed E-state index contributed by atoms with van der Waals surface area (Å²) in [5, 5.41) is 4.88. The minimum Gasteiger partial charge on any atom is -0.352 e. The van der Waals surface area contributed by atoms with Crippen LogP contribution in [0.25, 0.3) is 0 Å². The maximum absolute atomic E-state index is 12.0. The van der Waals surface area contributed by atoms with Crippen molar-refractivity contribution >= 4 is 29.7 Å². The van der Waals surface area contributed by atoms with Crippen LogP contribution in [0.1, 0.15) is 25.6 Å². The summed E-state index contributed by atoms with van der Waals surface area (Å²) in [6, 6.07) is 3.97.